The van der Waals surface area contributed by atoms with Gasteiger partial charge < -0.3 is 0 Å². The summed E-state index contributed by atoms with van der Waals surface area (Å²) < 4.78 is 0. The first-order chi connectivity index (χ1) is 5.61. The maximum absolute atomic E-state index is 2.61. The zero-order chi connectivity index (χ0) is 8.77. The molecule has 2 aliphatic rings. The maximum atomic E-state index is 2.61. The molecule has 1 heteroatoms. The highest BCUT2D eigenvalue weighted by Gasteiger charge is 2.47. The molecule has 0 unspecified atom stereocenters. The van der Waals surface area contributed by atoms with E-state index in [0.717, 1.165) is 17.4 Å². The van der Waals surface area contributed by atoms with Crippen LogP contribution in [-0.2, 0) is 0 Å². The smallest absolute Gasteiger partial charge is 0.00533 e. The maximum Gasteiger partial charge on any atom is 0.00533 e. The molecule has 2 fully saturated rings. The third kappa shape index (κ3) is 1.28. The van der Waals surface area contributed by atoms with Gasteiger partial charge in [-0.1, -0.05) is 13.3 Å². The van der Waals surface area contributed by atoms with E-state index in [2.05, 4.69) is 25.7 Å². The molecule has 0 aromatic heterocycles. The highest BCUT2D eigenvalue weighted by Crippen LogP contribution is 2.48. The molecule has 1 aliphatic heterocycles. The Morgan fingerprint density at radius 3 is 2.42 bits per heavy atom. The lowest BCUT2D eigenvalue weighted by molar-refractivity contribution is -0.0189. The van der Waals surface area contributed by atoms with Crippen molar-refractivity contribution in [1.82, 2.24) is 4.90 Å². The zero-order valence-corrected chi connectivity index (χ0v) is 8.64. The Morgan fingerprint density at radius 2 is 2.00 bits per heavy atom. The van der Waals surface area contributed by atoms with Gasteiger partial charge >= 0.3 is 0 Å². The minimum Gasteiger partial charge on any atom is -0.300 e. The first-order valence-electron chi connectivity index (χ1n) is 5.35. The standard InChI is InChI=1S/C11H21N/c1-9(2)12-7-11(8-12)5-4-10(3)6-11/h9-10H,4-8H2,1-3H3/t10-/m0/s1. The minimum absolute atomic E-state index is 0.768. The fourth-order valence-corrected chi connectivity index (χ4v) is 2.96. The molecule has 70 valence electrons. The molecule has 1 spiro atoms. The van der Waals surface area contributed by atoms with Crippen molar-refractivity contribution in [3.63, 3.8) is 0 Å². The van der Waals surface area contributed by atoms with Crippen molar-refractivity contribution in [3.05, 3.63) is 0 Å². The number of hydrogen-bond acceptors (Lipinski definition) is 1. The van der Waals surface area contributed by atoms with Gasteiger partial charge in [0.1, 0.15) is 0 Å². The molecule has 0 aromatic carbocycles. The van der Waals surface area contributed by atoms with Crippen LogP contribution >= 0.6 is 0 Å². The lowest BCUT2D eigenvalue weighted by Gasteiger charge is -2.50. The van der Waals surface area contributed by atoms with E-state index in [0.29, 0.717) is 0 Å². The van der Waals surface area contributed by atoms with Gasteiger partial charge in [-0.2, -0.15) is 0 Å². The van der Waals surface area contributed by atoms with Crippen molar-refractivity contribution in [2.45, 2.75) is 46.1 Å². The van der Waals surface area contributed by atoms with Gasteiger partial charge in [0.05, 0.1) is 0 Å². The Labute approximate surface area is 76.1 Å². The van der Waals surface area contributed by atoms with Crippen LogP contribution in [0.3, 0.4) is 0 Å². The van der Waals surface area contributed by atoms with Gasteiger partial charge in [-0.15, -0.1) is 0 Å². The number of nitrogens with zero attached hydrogens (tertiary/aromatic N) is 1. The van der Waals surface area contributed by atoms with Gasteiger partial charge in [-0.3, -0.25) is 4.90 Å². The zero-order valence-electron chi connectivity index (χ0n) is 8.64. The Kier molecular flexibility index (Phi) is 1.95. The van der Waals surface area contributed by atoms with Crippen molar-refractivity contribution < 1.29 is 0 Å². The minimum atomic E-state index is 0.768. The van der Waals surface area contributed by atoms with Crippen LogP contribution in [0.4, 0.5) is 0 Å². The summed E-state index contributed by atoms with van der Waals surface area (Å²) in [6, 6.07) is 0.770. The van der Waals surface area contributed by atoms with Crippen LogP contribution in [0.15, 0.2) is 0 Å². The second kappa shape index (κ2) is 2.73. The first kappa shape index (κ1) is 8.55. The van der Waals surface area contributed by atoms with Crippen LogP contribution in [-0.4, -0.2) is 24.0 Å². The van der Waals surface area contributed by atoms with Gasteiger partial charge in [0.15, 0.2) is 0 Å². The Bertz CT molecular complexity index is 168. The van der Waals surface area contributed by atoms with E-state index < -0.39 is 0 Å². The molecule has 0 radical (unpaired) electrons. The van der Waals surface area contributed by atoms with Crippen molar-refractivity contribution in [2.75, 3.05) is 13.1 Å². The Balaban J connectivity index is 1.87. The SMILES string of the molecule is CC(C)N1CC2(CC[C@H](C)C2)C1. The summed E-state index contributed by atoms with van der Waals surface area (Å²) in [5, 5.41) is 0. The average molecular weight is 167 g/mol. The molecule has 12 heavy (non-hydrogen) atoms. The molecule has 0 N–H and O–H groups in total. The molecule has 1 saturated carbocycles. The van der Waals surface area contributed by atoms with E-state index in [-0.39, 0.29) is 0 Å². The summed E-state index contributed by atoms with van der Waals surface area (Å²) in [6.07, 6.45) is 4.47. The third-order valence-electron chi connectivity index (χ3n) is 3.76. The number of hydrogen-bond donors (Lipinski definition) is 0. The molecule has 0 bridgehead atoms. The van der Waals surface area contributed by atoms with Crippen molar-refractivity contribution >= 4 is 0 Å². The molecule has 1 atom stereocenters. The van der Waals surface area contributed by atoms with Gasteiger partial charge in [-0.25, -0.2) is 0 Å². The summed E-state index contributed by atoms with van der Waals surface area (Å²) in [4.78, 5) is 2.61. The van der Waals surface area contributed by atoms with Gasteiger partial charge in [-0.05, 0) is 38.0 Å². The lowest BCUT2D eigenvalue weighted by atomic mass is 9.77. The second-order valence-electron chi connectivity index (χ2n) is 5.35. The van der Waals surface area contributed by atoms with Crippen LogP contribution in [0.1, 0.15) is 40.0 Å². The van der Waals surface area contributed by atoms with Crippen LogP contribution in [0.2, 0.25) is 0 Å². The molecule has 1 saturated heterocycles. The highest BCUT2D eigenvalue weighted by molar-refractivity contribution is 5.00. The van der Waals surface area contributed by atoms with Crippen molar-refractivity contribution in [3.8, 4) is 0 Å². The predicted molar refractivity (Wildman–Crippen MR) is 52.2 cm³/mol. The Hall–Kier alpha value is -0.0400. The third-order valence-corrected chi connectivity index (χ3v) is 3.76. The molecule has 0 aromatic rings. The van der Waals surface area contributed by atoms with Gasteiger partial charge in [0, 0.05) is 19.1 Å². The summed E-state index contributed by atoms with van der Waals surface area (Å²) in [7, 11) is 0. The first-order valence-corrected chi connectivity index (χ1v) is 5.35. The molecule has 2 rings (SSSR count). The van der Waals surface area contributed by atoms with Crippen LogP contribution in [0.25, 0.3) is 0 Å². The fraction of sp³-hybridized carbons (Fsp3) is 1.00. The highest BCUT2D eigenvalue weighted by atomic mass is 15.2. The number of likely N-dealkylation sites (tertiary alicyclic amines) is 1. The van der Waals surface area contributed by atoms with Crippen LogP contribution in [0, 0.1) is 11.3 Å². The van der Waals surface area contributed by atoms with Gasteiger partial charge in [0.2, 0.25) is 0 Å². The molecule has 1 aliphatic carbocycles. The predicted octanol–water partition coefficient (Wildman–Crippen LogP) is 2.52. The second-order valence-corrected chi connectivity index (χ2v) is 5.35. The normalized spacial score (nSPS) is 34.5. The summed E-state index contributed by atoms with van der Waals surface area (Å²) in [5.74, 6) is 0.999. The molecule has 1 heterocycles. The molecule has 0 amide bonds. The van der Waals surface area contributed by atoms with E-state index in [9.17, 15) is 0 Å². The largest absolute Gasteiger partial charge is 0.300 e. The van der Waals surface area contributed by atoms with E-state index in [1.54, 1.807) is 0 Å². The summed E-state index contributed by atoms with van der Waals surface area (Å²) in [6.45, 7) is 9.80. The molecular weight excluding hydrogens is 146 g/mol. The van der Waals surface area contributed by atoms with Crippen LogP contribution in [0.5, 0.6) is 0 Å². The number of rotatable bonds is 1. The summed E-state index contributed by atoms with van der Waals surface area (Å²) >= 11 is 0. The average Bonchev–Trinajstić information content (AvgIpc) is 2.27. The van der Waals surface area contributed by atoms with E-state index in [4.69, 9.17) is 0 Å². The van der Waals surface area contributed by atoms with Crippen LogP contribution < -0.4 is 0 Å². The quantitative estimate of drug-likeness (QED) is 0.580. The van der Waals surface area contributed by atoms with Crippen molar-refractivity contribution in [1.29, 1.82) is 0 Å². The monoisotopic (exact) mass is 167 g/mol. The van der Waals surface area contributed by atoms with E-state index in [1.165, 1.54) is 32.4 Å². The molecule has 1 nitrogen and oxygen atoms in total. The van der Waals surface area contributed by atoms with Crippen molar-refractivity contribution in [2.24, 2.45) is 11.3 Å². The molecular formula is C11H21N. The van der Waals surface area contributed by atoms with E-state index in [1.807, 2.05) is 0 Å². The summed E-state index contributed by atoms with van der Waals surface area (Å²) in [5.41, 5.74) is 0.768. The fourth-order valence-electron chi connectivity index (χ4n) is 2.96. The van der Waals surface area contributed by atoms with E-state index >= 15 is 0 Å². The Morgan fingerprint density at radius 1 is 1.33 bits per heavy atom. The lowest BCUT2D eigenvalue weighted by Crippen LogP contribution is -2.57. The topological polar surface area (TPSA) is 3.24 Å². The van der Waals surface area contributed by atoms with Gasteiger partial charge in [0.25, 0.3) is 0 Å².